The van der Waals surface area contributed by atoms with Crippen LogP contribution in [0.25, 0.3) is 83.6 Å². The zero-order valence-electron chi connectivity index (χ0n) is 45.2. The van der Waals surface area contributed by atoms with Gasteiger partial charge in [-0.1, -0.05) is 218 Å². The molecule has 387 valence electrons. The molecule has 3 heterocycles. The van der Waals surface area contributed by atoms with Crippen LogP contribution >= 0.6 is 0 Å². The molecule has 0 N–H and O–H groups in total. The first-order chi connectivity index (χ1) is 38.7. The quantitative estimate of drug-likeness (QED) is 0.130. The Bertz CT molecular complexity index is 3750. The van der Waals surface area contributed by atoms with Gasteiger partial charge in [-0.25, -0.2) is 4.99 Å². The summed E-state index contributed by atoms with van der Waals surface area (Å²) < 4.78 is 3.58. The molecule has 4 nitrogen and oxygen atoms in total. The van der Waals surface area contributed by atoms with Crippen LogP contribution in [-0.2, 0) is 15.5 Å². The van der Waals surface area contributed by atoms with E-state index < -0.39 is 0 Å². The molecule has 11 aromatic rings. The molecular weight excluding hydrogens is 1000 g/mol. The van der Waals surface area contributed by atoms with Crippen LogP contribution in [0.5, 0.6) is 0 Å². The van der Waals surface area contributed by atoms with Crippen LogP contribution in [-0.4, -0.2) is 16.7 Å². The van der Waals surface area contributed by atoms with Gasteiger partial charge in [0, 0.05) is 18.0 Å². The van der Waals surface area contributed by atoms with Gasteiger partial charge in [0.2, 0.25) is 0 Å². The van der Waals surface area contributed by atoms with Crippen molar-refractivity contribution in [2.45, 2.75) is 40.7 Å². The van der Waals surface area contributed by atoms with Crippen molar-refractivity contribution in [2.75, 3.05) is 0 Å². The fourth-order valence-corrected chi connectivity index (χ4v) is 10.4. The molecule has 79 heavy (non-hydrogen) atoms. The zero-order chi connectivity index (χ0) is 54.5. The summed E-state index contributed by atoms with van der Waals surface area (Å²) in [5, 5.41) is 0. The summed E-state index contributed by atoms with van der Waals surface area (Å²) in [5.41, 5.74) is 25.3. The summed E-state index contributed by atoms with van der Waals surface area (Å²) in [6.07, 6.45) is 7.91. The van der Waals surface area contributed by atoms with Gasteiger partial charge < -0.3 is 4.98 Å². The van der Waals surface area contributed by atoms with E-state index in [1.54, 1.807) is 12.4 Å². The van der Waals surface area contributed by atoms with Gasteiger partial charge in [0.15, 0.2) is 0 Å². The number of hydrogen-bond acceptors (Lipinski definition) is 3. The molecule has 0 fully saturated rings. The van der Waals surface area contributed by atoms with Crippen molar-refractivity contribution in [3.63, 3.8) is 0 Å². The maximum absolute atomic E-state index is 5.69. The largest absolute Gasteiger partial charge is 0.657 e. The molecule has 1 aliphatic rings. The number of nitrogens with zero attached hydrogens (tertiary/aromatic N) is 4. The number of rotatable bonds is 11. The fraction of sp³-hybridized carbons (Fsp3) is 0.0811. The van der Waals surface area contributed by atoms with Gasteiger partial charge in [-0.15, -0.1) is 11.4 Å². The molecule has 9 aromatic carbocycles. The Hall–Kier alpha value is -9.13. The van der Waals surface area contributed by atoms with Crippen molar-refractivity contribution in [3.8, 4) is 78.0 Å². The number of hydrogen-bond donors (Lipinski definition) is 0. The molecular formula is C74H61CoN4-. The molecule has 0 atom stereocenters. The molecule has 0 aliphatic carbocycles. The second kappa shape index (κ2) is 25.3. The van der Waals surface area contributed by atoms with E-state index in [4.69, 9.17) is 9.98 Å². The van der Waals surface area contributed by atoms with Crippen LogP contribution in [0.15, 0.2) is 288 Å². The normalized spacial score (nSPS) is 12.2. The predicted octanol–water partition coefficient (Wildman–Crippen LogP) is 19.3. The van der Waals surface area contributed by atoms with E-state index in [-0.39, 0.29) is 0 Å². The molecule has 1 aliphatic heterocycles. The number of aryl methyl sites for hydroxylation is 3. The third-order valence-corrected chi connectivity index (χ3v) is 14.3. The first-order valence-electron chi connectivity index (χ1n) is 26.8. The van der Waals surface area contributed by atoms with E-state index in [1.807, 2.05) is 32.0 Å². The summed E-state index contributed by atoms with van der Waals surface area (Å²) in [6, 6.07) is 88.7. The van der Waals surface area contributed by atoms with E-state index in [0.717, 1.165) is 101 Å². The van der Waals surface area contributed by atoms with Crippen molar-refractivity contribution in [1.82, 2.24) is 9.97 Å². The topological polar surface area (TPSA) is 51.7 Å². The monoisotopic (exact) mass is 1060 g/mol. The Morgan fingerprint density at radius 2 is 0.785 bits per heavy atom. The standard InChI is InChI=1S/C66H49N2.C5H5N.C3H7N.Co/c1-44-38-45(2)63(46(3)39-44)66(61-36-34-59(67-61)64-55(49-26-14-6-15-27-49)40-53(47-22-10-4-11-23-47)41-56(64)50-28-16-7-17-29-50)62-37-35-60(68-62)65-57(51-30-18-8-19-31-51)42-54(48-24-12-5-13-25-48)43-58(65)52-32-20-9-21-33-52;1-2-4-6-5-3-1;1-3(2)4;/h4-43H,1-3H3;1-5H;3H,1-2H3;/q-1;;;/b66-61+;;;. The summed E-state index contributed by atoms with van der Waals surface area (Å²) >= 11 is 3.68. The average molecular weight is 1070 g/mol. The maximum Gasteiger partial charge on any atom is 0.0722 e. The molecule has 0 saturated carbocycles. The van der Waals surface area contributed by atoms with Crippen LogP contribution in [0.3, 0.4) is 0 Å². The minimum atomic E-state index is 0.370. The van der Waals surface area contributed by atoms with Crippen molar-refractivity contribution < 1.29 is 15.5 Å². The van der Waals surface area contributed by atoms with Gasteiger partial charge in [0.05, 0.1) is 11.4 Å². The van der Waals surface area contributed by atoms with Crippen molar-refractivity contribution in [3.05, 3.63) is 312 Å². The van der Waals surface area contributed by atoms with Crippen molar-refractivity contribution in [2.24, 2.45) is 8.99 Å². The molecule has 5 heteroatoms. The molecule has 2 aromatic heterocycles. The Balaban J connectivity index is 0.000000578. The summed E-state index contributed by atoms with van der Waals surface area (Å²) in [4.78, 5) is 15.2. The summed E-state index contributed by atoms with van der Waals surface area (Å²) in [5.74, 6) is 0. The molecule has 12 rings (SSSR count). The SMILES string of the molecule is CC(C)[N]=[Co].Cc1cc(C)c(/C(=C2\C=CC(c3c(-c4ccccc4)cc(-c4ccccc4)cc3-c3ccccc3)=N2)c2ccc(-c3c(-c4ccccc4)cc(-c4ccccc4)cc3-c3ccccc3)[n-]2)c(C)c1.c1ccncc1. The summed E-state index contributed by atoms with van der Waals surface area (Å²) in [7, 11) is 0. The van der Waals surface area contributed by atoms with E-state index in [9.17, 15) is 0 Å². The van der Waals surface area contributed by atoms with Crippen LogP contribution in [0.1, 0.15) is 47.4 Å². The number of aromatic nitrogens is 2. The second-order valence-electron chi connectivity index (χ2n) is 19.9. The van der Waals surface area contributed by atoms with E-state index in [0.29, 0.717) is 6.04 Å². The zero-order valence-corrected chi connectivity index (χ0v) is 46.2. The molecule has 0 amide bonds. The molecule has 0 bridgehead atoms. The Morgan fingerprint density at radius 1 is 0.418 bits per heavy atom. The summed E-state index contributed by atoms with van der Waals surface area (Å²) in [6.45, 7) is 10.6. The van der Waals surface area contributed by atoms with Crippen LogP contribution in [0.4, 0.5) is 0 Å². The minimum absolute atomic E-state index is 0.370. The van der Waals surface area contributed by atoms with Gasteiger partial charge in [0.25, 0.3) is 0 Å². The third kappa shape index (κ3) is 12.5. The van der Waals surface area contributed by atoms with Crippen molar-refractivity contribution >= 4 is 11.3 Å². The molecule has 0 saturated heterocycles. The Morgan fingerprint density at radius 3 is 1.14 bits per heavy atom. The van der Waals surface area contributed by atoms with E-state index in [2.05, 4.69) is 288 Å². The Kier molecular flexibility index (Phi) is 17.1. The number of aliphatic imine (C=N–C) groups is 1. The van der Waals surface area contributed by atoms with Crippen LogP contribution < -0.4 is 4.98 Å². The molecule has 0 unspecified atom stereocenters. The van der Waals surface area contributed by atoms with Gasteiger partial charge in [-0.3, -0.25) is 4.98 Å². The minimum Gasteiger partial charge on any atom is -0.657 e. The maximum atomic E-state index is 5.69. The van der Waals surface area contributed by atoms with Crippen LogP contribution in [0, 0.1) is 20.8 Å². The van der Waals surface area contributed by atoms with Gasteiger partial charge in [-0.2, -0.15) is 0 Å². The van der Waals surface area contributed by atoms with Crippen LogP contribution in [0.2, 0.25) is 0 Å². The molecule has 0 spiro atoms. The van der Waals surface area contributed by atoms with E-state index in [1.165, 1.54) is 27.8 Å². The smallest absolute Gasteiger partial charge is 0.0722 e. The van der Waals surface area contributed by atoms with Crippen molar-refractivity contribution in [1.29, 1.82) is 0 Å². The first-order valence-corrected chi connectivity index (χ1v) is 27.3. The number of pyridine rings is 1. The first kappa shape index (κ1) is 53.3. The number of allylic oxidation sites excluding steroid dienone is 2. The number of benzene rings is 9. The van der Waals surface area contributed by atoms with E-state index >= 15 is 0 Å². The van der Waals surface area contributed by atoms with Gasteiger partial charge >= 0.3 is 39.4 Å². The molecule has 0 radical (unpaired) electrons. The van der Waals surface area contributed by atoms with Gasteiger partial charge in [0.1, 0.15) is 0 Å². The fourth-order valence-electron chi connectivity index (χ4n) is 10.4. The third-order valence-electron chi connectivity index (χ3n) is 13.8. The Labute approximate surface area is 474 Å². The average Bonchev–Trinajstić information content (AvgIpc) is 4.36. The van der Waals surface area contributed by atoms with Gasteiger partial charge in [-0.05, 0) is 164 Å². The second-order valence-corrected chi connectivity index (χ2v) is 20.1. The predicted molar refractivity (Wildman–Crippen MR) is 328 cm³/mol.